The quantitative estimate of drug-likeness (QED) is 0.701. The number of sulfonamides is 1. The maximum absolute atomic E-state index is 12.7. The molecule has 1 aromatic heterocycles. The summed E-state index contributed by atoms with van der Waals surface area (Å²) in [5, 5.41) is 3.67. The van der Waals surface area contributed by atoms with Gasteiger partial charge in [-0.3, -0.25) is 4.79 Å². The van der Waals surface area contributed by atoms with Crippen molar-refractivity contribution in [1.82, 2.24) is 14.9 Å². The van der Waals surface area contributed by atoms with Crippen LogP contribution in [0.3, 0.4) is 0 Å². The molecule has 0 aliphatic rings. The van der Waals surface area contributed by atoms with Crippen LogP contribution in [0.15, 0.2) is 33.7 Å². The minimum absolute atomic E-state index is 0.0115. The van der Waals surface area contributed by atoms with Gasteiger partial charge >= 0.3 is 12.1 Å². The lowest BCUT2D eigenvalue weighted by Gasteiger charge is -2.10. The molecule has 27 heavy (non-hydrogen) atoms. The second-order valence-electron chi connectivity index (χ2n) is 5.71. The van der Waals surface area contributed by atoms with Crippen LogP contribution in [-0.2, 0) is 32.3 Å². The zero-order chi connectivity index (χ0) is 20.2. The summed E-state index contributed by atoms with van der Waals surface area (Å²) in [5.74, 6) is -0.494. The van der Waals surface area contributed by atoms with E-state index in [0.29, 0.717) is 11.9 Å². The van der Waals surface area contributed by atoms with Crippen molar-refractivity contribution in [3.8, 4) is 0 Å². The number of carbonyl (C=O) groups excluding carboxylic acids is 1. The maximum Gasteiger partial charge on any atom is 0.416 e. The Balaban J connectivity index is 1.93. The monoisotopic (exact) mass is 407 g/mol. The van der Waals surface area contributed by atoms with Gasteiger partial charge in [-0.2, -0.15) is 22.9 Å². The van der Waals surface area contributed by atoms with Crippen molar-refractivity contribution >= 4 is 16.0 Å². The number of nitrogens with one attached hydrogen (secondary N) is 1. The number of hydrogen-bond acceptors (Lipinski definition) is 7. The summed E-state index contributed by atoms with van der Waals surface area (Å²) >= 11 is 0. The first-order valence-corrected chi connectivity index (χ1v) is 9.12. The molecule has 0 aliphatic heterocycles. The molecule has 0 radical (unpaired) electrons. The first-order valence-electron chi connectivity index (χ1n) is 7.64. The van der Waals surface area contributed by atoms with E-state index in [2.05, 4.69) is 10.1 Å². The molecule has 8 nitrogen and oxygen atoms in total. The fourth-order valence-electron chi connectivity index (χ4n) is 1.83. The van der Waals surface area contributed by atoms with E-state index in [1.807, 2.05) is 18.6 Å². The van der Waals surface area contributed by atoms with E-state index in [4.69, 9.17) is 9.26 Å². The van der Waals surface area contributed by atoms with Crippen LogP contribution in [0.2, 0.25) is 0 Å². The molecule has 0 fully saturated rings. The molecule has 2 aromatic rings. The van der Waals surface area contributed by atoms with Gasteiger partial charge in [0, 0.05) is 5.92 Å². The molecule has 1 heterocycles. The van der Waals surface area contributed by atoms with Crippen molar-refractivity contribution in [2.45, 2.75) is 37.4 Å². The lowest BCUT2D eigenvalue weighted by atomic mass is 10.2. The predicted molar refractivity (Wildman–Crippen MR) is 84.8 cm³/mol. The Morgan fingerprint density at radius 2 is 2.04 bits per heavy atom. The summed E-state index contributed by atoms with van der Waals surface area (Å²) < 4.78 is 73.6. The van der Waals surface area contributed by atoms with Crippen molar-refractivity contribution in [3.63, 3.8) is 0 Å². The second kappa shape index (κ2) is 8.05. The number of esters is 1. The second-order valence-corrected chi connectivity index (χ2v) is 7.48. The highest BCUT2D eigenvalue weighted by Gasteiger charge is 2.31. The number of carbonyl (C=O) groups is 1. The van der Waals surface area contributed by atoms with Gasteiger partial charge in [-0.1, -0.05) is 25.1 Å². The largest absolute Gasteiger partial charge is 0.455 e. The molecule has 0 saturated carbocycles. The Hall–Kier alpha value is -2.47. The third-order valence-electron chi connectivity index (χ3n) is 3.24. The lowest BCUT2D eigenvalue weighted by Crippen LogP contribution is -2.30. The molecular weight excluding hydrogens is 391 g/mol. The molecule has 0 atom stereocenters. The summed E-state index contributed by atoms with van der Waals surface area (Å²) in [5.41, 5.74) is -1.12. The first kappa shape index (κ1) is 20.8. The summed E-state index contributed by atoms with van der Waals surface area (Å²) in [6, 6.07) is 3.15. The molecule has 2 rings (SSSR count). The summed E-state index contributed by atoms with van der Waals surface area (Å²) in [6.07, 6.45) is -4.69. The van der Waals surface area contributed by atoms with Crippen LogP contribution in [0.25, 0.3) is 0 Å². The molecule has 0 amide bonds. The smallest absolute Gasteiger partial charge is 0.416 e. The SMILES string of the molecule is CC(C)c1noc(COC(=O)CNS(=O)(=O)c2cccc(C(F)(F)F)c2)n1. The van der Waals surface area contributed by atoms with Gasteiger partial charge in [0.25, 0.3) is 5.89 Å². The van der Waals surface area contributed by atoms with Gasteiger partial charge in [0.2, 0.25) is 10.0 Å². The first-order chi connectivity index (χ1) is 12.5. The van der Waals surface area contributed by atoms with Crippen molar-refractivity contribution in [2.75, 3.05) is 6.54 Å². The lowest BCUT2D eigenvalue weighted by molar-refractivity contribution is -0.144. The van der Waals surface area contributed by atoms with Crippen LogP contribution in [0.1, 0.15) is 37.0 Å². The predicted octanol–water partition coefficient (Wildman–Crippen LogP) is 2.23. The van der Waals surface area contributed by atoms with Gasteiger partial charge in [-0.05, 0) is 18.2 Å². The molecule has 0 spiro atoms. The minimum Gasteiger partial charge on any atom is -0.455 e. The van der Waals surface area contributed by atoms with Gasteiger partial charge < -0.3 is 9.26 Å². The number of alkyl halides is 3. The Morgan fingerprint density at radius 3 is 2.63 bits per heavy atom. The Bertz CT molecular complexity index is 909. The molecule has 1 N–H and O–H groups in total. The van der Waals surface area contributed by atoms with Crippen molar-refractivity contribution in [1.29, 1.82) is 0 Å². The molecule has 148 valence electrons. The number of halogens is 3. The highest BCUT2D eigenvalue weighted by molar-refractivity contribution is 7.89. The molecule has 0 unspecified atom stereocenters. The van der Waals surface area contributed by atoms with Gasteiger partial charge in [-0.25, -0.2) is 8.42 Å². The van der Waals surface area contributed by atoms with E-state index in [0.717, 1.165) is 18.2 Å². The Morgan fingerprint density at radius 1 is 1.33 bits per heavy atom. The molecular formula is C15H16F3N3O5S. The third-order valence-corrected chi connectivity index (χ3v) is 4.63. The van der Waals surface area contributed by atoms with Crippen molar-refractivity contribution < 1.29 is 35.6 Å². The zero-order valence-electron chi connectivity index (χ0n) is 14.3. The summed E-state index contributed by atoms with van der Waals surface area (Å²) in [4.78, 5) is 15.0. The Kier molecular flexibility index (Phi) is 6.21. The fourth-order valence-corrected chi connectivity index (χ4v) is 2.85. The zero-order valence-corrected chi connectivity index (χ0v) is 15.1. The molecule has 1 aromatic carbocycles. The van der Waals surface area contributed by atoms with E-state index in [9.17, 15) is 26.4 Å². The number of ether oxygens (including phenoxy) is 1. The standard InChI is InChI=1S/C15H16F3N3O5S/c1-9(2)14-20-12(26-21-14)8-25-13(22)7-19-27(23,24)11-5-3-4-10(6-11)15(16,17)18/h3-6,9,19H,7-8H2,1-2H3. The Labute approximate surface area is 152 Å². The molecule has 0 saturated heterocycles. The number of aromatic nitrogens is 2. The number of rotatable bonds is 7. The van der Waals surface area contributed by atoms with E-state index in [1.54, 1.807) is 0 Å². The van der Waals surface area contributed by atoms with E-state index < -0.39 is 39.2 Å². The molecule has 0 bridgehead atoms. The van der Waals surface area contributed by atoms with Crippen molar-refractivity contribution in [3.05, 3.63) is 41.5 Å². The van der Waals surface area contributed by atoms with Crippen LogP contribution in [0.4, 0.5) is 13.2 Å². The minimum atomic E-state index is -4.69. The molecule has 12 heteroatoms. The fraction of sp³-hybridized carbons (Fsp3) is 0.400. The highest BCUT2D eigenvalue weighted by Crippen LogP contribution is 2.30. The van der Waals surface area contributed by atoms with Crippen LogP contribution < -0.4 is 4.72 Å². The van der Waals surface area contributed by atoms with Gasteiger partial charge in [-0.15, -0.1) is 0 Å². The number of nitrogens with zero attached hydrogens (tertiary/aromatic N) is 2. The van der Waals surface area contributed by atoms with Crippen LogP contribution in [-0.4, -0.2) is 31.1 Å². The number of hydrogen-bond donors (Lipinski definition) is 1. The average molecular weight is 407 g/mol. The normalized spacial score (nSPS) is 12.4. The maximum atomic E-state index is 12.7. The highest BCUT2D eigenvalue weighted by atomic mass is 32.2. The van der Waals surface area contributed by atoms with Crippen LogP contribution >= 0.6 is 0 Å². The van der Waals surface area contributed by atoms with E-state index in [-0.39, 0.29) is 18.4 Å². The number of benzene rings is 1. The van der Waals surface area contributed by atoms with Gasteiger partial charge in [0.1, 0.15) is 6.54 Å². The van der Waals surface area contributed by atoms with Gasteiger partial charge in [0.05, 0.1) is 10.5 Å². The van der Waals surface area contributed by atoms with Crippen LogP contribution in [0.5, 0.6) is 0 Å². The molecule has 0 aliphatic carbocycles. The van der Waals surface area contributed by atoms with Crippen molar-refractivity contribution in [2.24, 2.45) is 0 Å². The average Bonchev–Trinajstić information content (AvgIpc) is 3.07. The van der Waals surface area contributed by atoms with E-state index >= 15 is 0 Å². The third kappa shape index (κ3) is 5.76. The van der Waals surface area contributed by atoms with E-state index in [1.165, 1.54) is 0 Å². The van der Waals surface area contributed by atoms with Crippen LogP contribution in [0, 0.1) is 0 Å². The summed E-state index contributed by atoms with van der Waals surface area (Å²) in [7, 11) is -4.33. The summed E-state index contributed by atoms with van der Waals surface area (Å²) in [6.45, 7) is 2.54. The topological polar surface area (TPSA) is 111 Å². The van der Waals surface area contributed by atoms with Gasteiger partial charge in [0.15, 0.2) is 12.4 Å².